The first-order valence-corrected chi connectivity index (χ1v) is 9.99. The van der Waals surface area contributed by atoms with E-state index in [1.807, 2.05) is 0 Å². The molecule has 0 atom stereocenters. The van der Waals surface area contributed by atoms with Crippen LogP contribution in [-0.2, 0) is 30.4 Å². The van der Waals surface area contributed by atoms with Crippen LogP contribution in [0.3, 0.4) is 0 Å². The second kappa shape index (κ2) is 10.4. The van der Waals surface area contributed by atoms with Gasteiger partial charge in [0.05, 0.1) is 9.82 Å². The summed E-state index contributed by atoms with van der Waals surface area (Å²) in [5.41, 5.74) is -1.75. The van der Waals surface area contributed by atoms with Crippen LogP contribution < -0.4 is 88.7 Å². The van der Waals surface area contributed by atoms with E-state index in [1.165, 1.54) is 0 Å². The van der Waals surface area contributed by atoms with Crippen molar-refractivity contribution in [1.82, 2.24) is 0 Å². The SMILES string of the molecule is O=[N+]([O-])c1c(S(=O)(=O)[O-])cc2cc(S(=O)(=O)[O-])ccc2c1S(=O)(=O)[O-].[Na+].[Na+].[Na+]. The molecule has 0 saturated heterocycles. The molecule has 0 bridgehead atoms. The molecular formula is C10H4NNa3O11S3. The van der Waals surface area contributed by atoms with Crippen molar-refractivity contribution >= 4 is 46.8 Å². The average molecular weight is 479 g/mol. The monoisotopic (exact) mass is 479 g/mol. The van der Waals surface area contributed by atoms with Crippen LogP contribution in [0.15, 0.2) is 39.0 Å². The van der Waals surface area contributed by atoms with Gasteiger partial charge < -0.3 is 13.7 Å². The molecule has 28 heavy (non-hydrogen) atoms. The zero-order valence-corrected chi connectivity index (χ0v) is 22.9. The zero-order chi connectivity index (χ0) is 19.4. The topological polar surface area (TPSA) is 215 Å². The van der Waals surface area contributed by atoms with E-state index < -0.39 is 66.4 Å². The maximum absolute atomic E-state index is 11.4. The Morgan fingerprint density at radius 2 is 1.25 bits per heavy atom. The van der Waals surface area contributed by atoms with E-state index in [2.05, 4.69) is 0 Å². The Hall–Kier alpha value is 0.830. The van der Waals surface area contributed by atoms with Gasteiger partial charge >= 0.3 is 94.4 Å². The third-order valence-electron chi connectivity index (χ3n) is 2.99. The molecule has 0 N–H and O–H groups in total. The van der Waals surface area contributed by atoms with Gasteiger partial charge in [-0.1, -0.05) is 6.07 Å². The molecule has 0 aliphatic heterocycles. The van der Waals surface area contributed by atoms with Gasteiger partial charge in [-0.25, -0.2) is 25.3 Å². The fourth-order valence-electron chi connectivity index (χ4n) is 2.09. The number of rotatable bonds is 4. The Bertz CT molecular complexity index is 1240. The molecule has 0 unspecified atom stereocenters. The summed E-state index contributed by atoms with van der Waals surface area (Å²) in [5, 5.41) is 9.69. The smallest absolute Gasteiger partial charge is 0.744 e. The fourth-order valence-corrected chi connectivity index (χ4v) is 4.22. The largest absolute Gasteiger partial charge is 1.00 e. The van der Waals surface area contributed by atoms with Crippen molar-refractivity contribution in [3.63, 3.8) is 0 Å². The third kappa shape index (κ3) is 6.66. The Labute approximate surface area is 225 Å². The second-order valence-electron chi connectivity index (χ2n) is 4.55. The van der Waals surface area contributed by atoms with Crippen molar-refractivity contribution < 1.29 is 133 Å². The summed E-state index contributed by atoms with van der Waals surface area (Å²) in [6.45, 7) is 0. The van der Waals surface area contributed by atoms with Crippen LogP contribution in [0.2, 0.25) is 0 Å². The molecule has 0 aliphatic carbocycles. The molecular weight excluding hydrogens is 475 g/mol. The van der Waals surface area contributed by atoms with E-state index in [-0.39, 0.29) is 88.7 Å². The molecule has 12 nitrogen and oxygen atoms in total. The minimum atomic E-state index is -5.66. The molecule has 0 aromatic heterocycles. The first-order chi connectivity index (χ1) is 11.1. The van der Waals surface area contributed by atoms with E-state index in [9.17, 15) is 49.0 Å². The number of fused-ring (bicyclic) bond motifs is 1. The van der Waals surface area contributed by atoms with E-state index in [0.717, 1.165) is 0 Å². The van der Waals surface area contributed by atoms with Crippen molar-refractivity contribution in [2.24, 2.45) is 0 Å². The van der Waals surface area contributed by atoms with Gasteiger partial charge in [-0.15, -0.1) is 0 Å². The van der Waals surface area contributed by atoms with E-state index in [1.54, 1.807) is 0 Å². The maximum atomic E-state index is 11.4. The number of benzene rings is 2. The Morgan fingerprint density at radius 3 is 1.61 bits per heavy atom. The summed E-state index contributed by atoms with van der Waals surface area (Å²) in [5.74, 6) is 0. The van der Waals surface area contributed by atoms with Crippen molar-refractivity contribution in [3.05, 3.63) is 34.4 Å². The Morgan fingerprint density at radius 1 is 0.750 bits per heavy atom. The van der Waals surface area contributed by atoms with Crippen molar-refractivity contribution in [2.75, 3.05) is 0 Å². The molecule has 0 saturated carbocycles. The van der Waals surface area contributed by atoms with Crippen molar-refractivity contribution in [2.45, 2.75) is 14.7 Å². The van der Waals surface area contributed by atoms with Crippen molar-refractivity contribution in [1.29, 1.82) is 0 Å². The minimum Gasteiger partial charge on any atom is -0.744 e. The molecule has 0 amide bonds. The van der Waals surface area contributed by atoms with Gasteiger partial charge in [0.1, 0.15) is 40.1 Å². The molecule has 0 radical (unpaired) electrons. The normalized spacial score (nSPS) is 11.7. The third-order valence-corrected chi connectivity index (χ3v) is 5.59. The molecule has 0 aliphatic rings. The zero-order valence-electron chi connectivity index (χ0n) is 14.5. The molecule has 0 fully saturated rings. The minimum absolute atomic E-state index is 0. The standard InChI is InChI=1S/C10H7NO11S3.3Na/c12-11(13)9-8(24(17,18)19)4-5-3-6(23(14,15)16)1-2-7(5)10(9)25(20,21)22;;;/h1-4H,(H,14,15,16)(H,17,18,19)(H,20,21,22);;;/q;3*+1/p-3. The molecule has 2 rings (SSSR count). The van der Waals surface area contributed by atoms with Crippen molar-refractivity contribution in [3.8, 4) is 0 Å². The van der Waals surface area contributed by atoms with Crippen LogP contribution in [0, 0.1) is 10.1 Å². The van der Waals surface area contributed by atoms with E-state index in [0.29, 0.717) is 24.3 Å². The van der Waals surface area contributed by atoms with Crippen LogP contribution in [-0.4, -0.2) is 43.8 Å². The quantitative estimate of drug-likeness (QED) is 0.174. The molecule has 18 heteroatoms. The summed E-state index contributed by atoms with van der Waals surface area (Å²) >= 11 is 0. The van der Waals surface area contributed by atoms with Gasteiger partial charge in [0, 0.05) is 5.39 Å². The second-order valence-corrected chi connectivity index (χ2v) is 8.60. The first kappa shape index (κ1) is 31.0. The predicted molar refractivity (Wildman–Crippen MR) is 74.5 cm³/mol. The summed E-state index contributed by atoms with van der Waals surface area (Å²) < 4.78 is 101. The summed E-state index contributed by atoms with van der Waals surface area (Å²) in [6, 6.07) is 2.00. The number of hydrogen-bond acceptors (Lipinski definition) is 11. The van der Waals surface area contributed by atoms with Crippen LogP contribution in [0.4, 0.5) is 5.69 Å². The molecule has 0 spiro atoms. The molecule has 2 aromatic carbocycles. The Balaban J connectivity index is 0. The number of nitrogens with zero attached hydrogens (tertiary/aromatic N) is 1. The summed E-state index contributed by atoms with van der Waals surface area (Å²) in [7, 11) is -16.3. The fraction of sp³-hybridized carbons (Fsp3) is 0. The molecule has 2 aromatic rings. The maximum Gasteiger partial charge on any atom is 1.00 e. The van der Waals surface area contributed by atoms with Gasteiger partial charge in [-0.05, 0) is 23.6 Å². The molecule has 0 heterocycles. The van der Waals surface area contributed by atoms with E-state index in [4.69, 9.17) is 0 Å². The van der Waals surface area contributed by atoms with Gasteiger partial charge in [0.15, 0.2) is 0 Å². The number of hydrogen-bond donors (Lipinski definition) is 0. The number of nitro benzene ring substituents is 1. The van der Waals surface area contributed by atoms with Crippen LogP contribution >= 0.6 is 0 Å². The van der Waals surface area contributed by atoms with E-state index >= 15 is 0 Å². The van der Waals surface area contributed by atoms with Gasteiger partial charge in [-0.2, -0.15) is 0 Å². The van der Waals surface area contributed by atoms with Gasteiger partial charge in [0.2, 0.25) is 0 Å². The summed E-state index contributed by atoms with van der Waals surface area (Å²) in [4.78, 5) is 5.31. The van der Waals surface area contributed by atoms with Gasteiger partial charge in [0.25, 0.3) is 0 Å². The predicted octanol–water partition coefficient (Wildman–Crippen LogP) is -9.53. The van der Waals surface area contributed by atoms with Crippen LogP contribution in [0.25, 0.3) is 10.8 Å². The summed E-state index contributed by atoms with van der Waals surface area (Å²) in [6.07, 6.45) is 0. The Kier molecular flexibility index (Phi) is 11.6. The first-order valence-electron chi connectivity index (χ1n) is 5.77. The molecule has 136 valence electrons. The van der Waals surface area contributed by atoms with Crippen LogP contribution in [0.1, 0.15) is 0 Å². The van der Waals surface area contributed by atoms with Crippen LogP contribution in [0.5, 0.6) is 0 Å². The average Bonchev–Trinajstić information content (AvgIpc) is 2.41. The number of nitro groups is 1. The van der Waals surface area contributed by atoms with Gasteiger partial charge in [-0.3, -0.25) is 10.1 Å².